The average molecular weight is 312 g/mol. The van der Waals surface area contributed by atoms with Gasteiger partial charge in [-0.05, 0) is 31.4 Å². The molecule has 1 aliphatic rings. The van der Waals surface area contributed by atoms with Crippen LogP contribution in [0.1, 0.15) is 42.5 Å². The van der Waals surface area contributed by atoms with Crippen LogP contribution in [0, 0.1) is 11.6 Å². The van der Waals surface area contributed by atoms with Crippen LogP contribution in [0.3, 0.4) is 0 Å². The topological polar surface area (TPSA) is 52.6 Å². The second-order valence-corrected chi connectivity index (χ2v) is 5.28. The number of ether oxygens (including phenoxy) is 2. The minimum Gasteiger partial charge on any atom is -0.460 e. The first kappa shape index (κ1) is 16.5. The van der Waals surface area contributed by atoms with E-state index in [0.29, 0.717) is 6.07 Å². The zero-order chi connectivity index (χ0) is 16.1. The Morgan fingerprint density at radius 1 is 1.18 bits per heavy atom. The van der Waals surface area contributed by atoms with Crippen LogP contribution >= 0.6 is 0 Å². The van der Waals surface area contributed by atoms with Crippen LogP contribution in [0.2, 0.25) is 0 Å². The lowest BCUT2D eigenvalue weighted by atomic mass is 10.1. The van der Waals surface area contributed by atoms with Crippen molar-refractivity contribution in [1.82, 2.24) is 0 Å². The Kier molecular flexibility index (Phi) is 5.60. The van der Waals surface area contributed by atoms with Crippen LogP contribution in [0.15, 0.2) is 18.2 Å². The molecule has 0 radical (unpaired) electrons. The van der Waals surface area contributed by atoms with E-state index in [4.69, 9.17) is 9.47 Å². The molecule has 1 saturated carbocycles. The quantitative estimate of drug-likeness (QED) is 0.598. The minimum absolute atomic E-state index is 0.103. The second-order valence-electron chi connectivity index (χ2n) is 5.28. The molecule has 0 aliphatic heterocycles. The second kappa shape index (κ2) is 7.45. The maximum absolute atomic E-state index is 13.5. The van der Waals surface area contributed by atoms with E-state index in [9.17, 15) is 18.4 Å². The summed E-state index contributed by atoms with van der Waals surface area (Å²) >= 11 is 0. The predicted octanol–water partition coefficient (Wildman–Crippen LogP) is 3.04. The van der Waals surface area contributed by atoms with Gasteiger partial charge in [-0.15, -0.1) is 0 Å². The molecule has 0 amide bonds. The molecule has 1 aromatic carbocycles. The van der Waals surface area contributed by atoms with Crippen LogP contribution in [-0.2, 0) is 14.3 Å². The van der Waals surface area contributed by atoms with Crippen molar-refractivity contribution in [3.63, 3.8) is 0 Å². The molecule has 22 heavy (non-hydrogen) atoms. The van der Waals surface area contributed by atoms with E-state index in [1.54, 1.807) is 7.11 Å². The van der Waals surface area contributed by atoms with E-state index >= 15 is 0 Å². The Balaban J connectivity index is 1.84. The van der Waals surface area contributed by atoms with Gasteiger partial charge in [0.15, 0.2) is 5.78 Å². The summed E-state index contributed by atoms with van der Waals surface area (Å²) in [6.07, 6.45) is 1.81. The number of halogens is 2. The molecule has 4 nitrogen and oxygen atoms in total. The molecule has 0 N–H and O–H groups in total. The van der Waals surface area contributed by atoms with E-state index in [0.717, 1.165) is 31.4 Å². The number of hydrogen-bond acceptors (Lipinski definition) is 4. The molecule has 2 rings (SSSR count). The fourth-order valence-corrected chi connectivity index (χ4v) is 2.59. The van der Waals surface area contributed by atoms with Gasteiger partial charge in [0, 0.05) is 19.6 Å². The molecule has 0 heterocycles. The first-order chi connectivity index (χ1) is 10.5. The fourth-order valence-electron chi connectivity index (χ4n) is 2.59. The van der Waals surface area contributed by atoms with Gasteiger partial charge in [0.05, 0.1) is 18.1 Å². The summed E-state index contributed by atoms with van der Waals surface area (Å²) in [5.41, 5.74) is -0.218. The molecule has 0 saturated heterocycles. The average Bonchev–Trinajstić information content (AvgIpc) is 2.92. The van der Waals surface area contributed by atoms with Crippen LogP contribution in [0.5, 0.6) is 0 Å². The highest BCUT2D eigenvalue weighted by Crippen LogP contribution is 2.25. The SMILES string of the molecule is CO[C@@H]1CCC[C@H]1OC(=O)CCC(=O)c1ccc(F)cc1F. The first-order valence-electron chi connectivity index (χ1n) is 7.21. The first-order valence-corrected chi connectivity index (χ1v) is 7.21. The summed E-state index contributed by atoms with van der Waals surface area (Å²) < 4.78 is 36.7. The Morgan fingerprint density at radius 3 is 2.59 bits per heavy atom. The third-order valence-electron chi connectivity index (χ3n) is 3.77. The van der Waals surface area contributed by atoms with Crippen LogP contribution in [0.25, 0.3) is 0 Å². The van der Waals surface area contributed by atoms with E-state index in [2.05, 4.69) is 0 Å². The Morgan fingerprint density at radius 2 is 1.91 bits per heavy atom. The van der Waals surface area contributed by atoms with Gasteiger partial charge in [-0.2, -0.15) is 0 Å². The van der Waals surface area contributed by atoms with Crippen LogP contribution in [-0.4, -0.2) is 31.1 Å². The molecule has 1 aliphatic carbocycles. The highest BCUT2D eigenvalue weighted by molar-refractivity contribution is 5.97. The van der Waals surface area contributed by atoms with Gasteiger partial charge in [-0.1, -0.05) is 0 Å². The molecular formula is C16H18F2O4. The van der Waals surface area contributed by atoms with E-state index in [1.807, 2.05) is 0 Å². The monoisotopic (exact) mass is 312 g/mol. The van der Waals surface area contributed by atoms with Crippen molar-refractivity contribution < 1.29 is 27.8 Å². The number of Topliss-reactive ketones (excluding diaryl/α,β-unsaturated/α-hetero) is 1. The highest BCUT2D eigenvalue weighted by Gasteiger charge is 2.30. The maximum atomic E-state index is 13.5. The summed E-state index contributed by atoms with van der Waals surface area (Å²) in [4.78, 5) is 23.6. The van der Waals surface area contributed by atoms with Gasteiger partial charge in [0.1, 0.15) is 17.7 Å². The Hall–Kier alpha value is -1.82. The van der Waals surface area contributed by atoms with Crippen LogP contribution < -0.4 is 0 Å². The van der Waals surface area contributed by atoms with Crippen molar-refractivity contribution in [2.45, 2.75) is 44.3 Å². The van der Waals surface area contributed by atoms with Gasteiger partial charge < -0.3 is 9.47 Å². The van der Waals surface area contributed by atoms with Crippen molar-refractivity contribution in [2.24, 2.45) is 0 Å². The zero-order valence-corrected chi connectivity index (χ0v) is 12.3. The number of rotatable bonds is 6. The molecule has 0 bridgehead atoms. The van der Waals surface area contributed by atoms with Crippen molar-refractivity contribution in [1.29, 1.82) is 0 Å². The van der Waals surface area contributed by atoms with Crippen molar-refractivity contribution in [2.75, 3.05) is 7.11 Å². The molecule has 2 atom stereocenters. The fraction of sp³-hybridized carbons (Fsp3) is 0.500. The van der Waals surface area contributed by atoms with Gasteiger partial charge in [-0.25, -0.2) is 8.78 Å². The predicted molar refractivity (Wildman–Crippen MR) is 74.5 cm³/mol. The number of ketones is 1. The van der Waals surface area contributed by atoms with Gasteiger partial charge in [-0.3, -0.25) is 9.59 Å². The summed E-state index contributed by atoms with van der Waals surface area (Å²) in [6, 6.07) is 2.74. The van der Waals surface area contributed by atoms with E-state index in [1.165, 1.54) is 0 Å². The molecular weight excluding hydrogens is 294 g/mol. The highest BCUT2D eigenvalue weighted by atomic mass is 19.1. The van der Waals surface area contributed by atoms with Crippen molar-refractivity contribution in [3.8, 4) is 0 Å². The zero-order valence-electron chi connectivity index (χ0n) is 12.3. The number of methoxy groups -OCH3 is 1. The summed E-state index contributed by atoms with van der Waals surface area (Å²) in [5.74, 6) is -2.73. The number of benzene rings is 1. The Bertz CT molecular complexity index is 559. The van der Waals surface area contributed by atoms with Crippen molar-refractivity contribution >= 4 is 11.8 Å². The smallest absolute Gasteiger partial charge is 0.306 e. The standard InChI is InChI=1S/C16H18F2O4/c1-21-14-3-2-4-15(14)22-16(20)8-7-13(19)11-6-5-10(17)9-12(11)18/h5-6,9,14-15H,2-4,7-8H2,1H3/t14-,15-/m1/s1. The van der Waals surface area contributed by atoms with E-state index < -0.39 is 23.4 Å². The number of carbonyl (C=O) groups is 2. The molecule has 120 valence electrons. The van der Waals surface area contributed by atoms with Crippen molar-refractivity contribution in [3.05, 3.63) is 35.4 Å². The normalized spacial score (nSPS) is 20.9. The third-order valence-corrected chi connectivity index (χ3v) is 3.77. The van der Waals surface area contributed by atoms with Gasteiger partial charge in [0.25, 0.3) is 0 Å². The Labute approximate surface area is 127 Å². The summed E-state index contributed by atoms with van der Waals surface area (Å²) in [5, 5.41) is 0. The third kappa shape index (κ3) is 4.10. The lowest BCUT2D eigenvalue weighted by Gasteiger charge is -2.18. The van der Waals surface area contributed by atoms with Gasteiger partial charge in [0.2, 0.25) is 0 Å². The molecule has 6 heteroatoms. The molecule has 1 aromatic rings. The molecule has 0 unspecified atom stereocenters. The lowest BCUT2D eigenvalue weighted by molar-refractivity contribution is -0.154. The number of carbonyl (C=O) groups excluding carboxylic acids is 2. The summed E-state index contributed by atoms with van der Waals surface area (Å²) in [6.45, 7) is 0. The molecule has 0 aromatic heterocycles. The van der Waals surface area contributed by atoms with Gasteiger partial charge >= 0.3 is 5.97 Å². The van der Waals surface area contributed by atoms with Crippen LogP contribution in [0.4, 0.5) is 8.78 Å². The minimum atomic E-state index is -0.923. The molecule has 0 spiro atoms. The molecule has 1 fully saturated rings. The maximum Gasteiger partial charge on any atom is 0.306 e. The lowest BCUT2D eigenvalue weighted by Crippen LogP contribution is -2.27. The summed E-state index contributed by atoms with van der Waals surface area (Å²) in [7, 11) is 1.57. The van der Waals surface area contributed by atoms with E-state index in [-0.39, 0.29) is 30.6 Å². The number of esters is 1. The largest absolute Gasteiger partial charge is 0.460 e. The number of hydrogen-bond donors (Lipinski definition) is 0.